The summed E-state index contributed by atoms with van der Waals surface area (Å²) in [6.07, 6.45) is 6.53. The molecular formula is C12H21N3. The Bertz CT molecular complexity index is 289. The van der Waals surface area contributed by atoms with Crippen LogP contribution in [0.2, 0.25) is 0 Å². The molecule has 1 saturated heterocycles. The highest BCUT2D eigenvalue weighted by Gasteiger charge is 2.27. The highest BCUT2D eigenvalue weighted by Crippen LogP contribution is 2.30. The molecule has 1 aliphatic heterocycles. The summed E-state index contributed by atoms with van der Waals surface area (Å²) in [4.78, 5) is 2.57. The summed E-state index contributed by atoms with van der Waals surface area (Å²) < 4.78 is 0. The first-order valence-electron chi connectivity index (χ1n) is 5.81. The zero-order valence-corrected chi connectivity index (χ0v) is 9.95. The van der Waals surface area contributed by atoms with Gasteiger partial charge in [0.05, 0.1) is 6.20 Å². The summed E-state index contributed by atoms with van der Waals surface area (Å²) in [6, 6.07) is 0. The van der Waals surface area contributed by atoms with E-state index in [4.69, 9.17) is 0 Å². The van der Waals surface area contributed by atoms with Crippen LogP contribution in [0.25, 0.3) is 0 Å². The Hall–Kier alpha value is -0.830. The van der Waals surface area contributed by atoms with Crippen LogP contribution < -0.4 is 0 Å². The monoisotopic (exact) mass is 207 g/mol. The Morgan fingerprint density at radius 3 is 2.47 bits per heavy atom. The van der Waals surface area contributed by atoms with Gasteiger partial charge in [-0.25, -0.2) is 0 Å². The summed E-state index contributed by atoms with van der Waals surface area (Å²) >= 11 is 0. The molecule has 1 fully saturated rings. The molecule has 1 aliphatic rings. The fourth-order valence-electron chi connectivity index (χ4n) is 2.37. The van der Waals surface area contributed by atoms with E-state index < -0.39 is 0 Å². The van der Waals surface area contributed by atoms with Crippen LogP contribution in [0.1, 0.15) is 45.1 Å². The average Bonchev–Trinajstić information content (AvgIpc) is 2.69. The molecular weight excluding hydrogens is 186 g/mol. The number of piperidine rings is 1. The molecule has 0 aromatic carbocycles. The van der Waals surface area contributed by atoms with E-state index in [-0.39, 0.29) is 0 Å². The summed E-state index contributed by atoms with van der Waals surface area (Å²) in [5, 5.41) is 6.93. The Labute approximate surface area is 91.9 Å². The van der Waals surface area contributed by atoms with Crippen LogP contribution in [0.3, 0.4) is 0 Å². The van der Waals surface area contributed by atoms with Crippen molar-refractivity contribution in [2.75, 3.05) is 13.1 Å². The molecule has 0 unspecified atom stereocenters. The van der Waals surface area contributed by atoms with Gasteiger partial charge in [-0.1, -0.05) is 0 Å². The molecule has 0 saturated carbocycles. The van der Waals surface area contributed by atoms with Crippen molar-refractivity contribution >= 4 is 0 Å². The molecule has 0 aliphatic carbocycles. The normalized spacial score (nSPS) is 20.7. The number of hydrogen-bond donors (Lipinski definition) is 1. The second-order valence-electron chi connectivity index (χ2n) is 5.46. The van der Waals surface area contributed by atoms with Crippen LogP contribution in [0.4, 0.5) is 0 Å². The number of aromatic nitrogens is 2. The third-order valence-corrected chi connectivity index (χ3v) is 3.43. The smallest absolute Gasteiger partial charge is 0.0522 e. The minimum atomic E-state index is 0.321. The van der Waals surface area contributed by atoms with Gasteiger partial charge in [-0.3, -0.25) is 10.00 Å². The van der Waals surface area contributed by atoms with Crippen LogP contribution >= 0.6 is 0 Å². The van der Waals surface area contributed by atoms with Crippen molar-refractivity contribution in [2.45, 2.75) is 45.1 Å². The van der Waals surface area contributed by atoms with Gasteiger partial charge in [0.25, 0.3) is 0 Å². The second-order valence-corrected chi connectivity index (χ2v) is 5.46. The van der Waals surface area contributed by atoms with Crippen molar-refractivity contribution in [1.82, 2.24) is 15.1 Å². The summed E-state index contributed by atoms with van der Waals surface area (Å²) in [5.41, 5.74) is 1.70. The maximum atomic E-state index is 4.03. The van der Waals surface area contributed by atoms with E-state index >= 15 is 0 Å². The van der Waals surface area contributed by atoms with Crippen molar-refractivity contribution in [3.63, 3.8) is 0 Å². The van der Waals surface area contributed by atoms with E-state index in [2.05, 4.69) is 35.9 Å². The molecule has 1 aromatic heterocycles. The van der Waals surface area contributed by atoms with Gasteiger partial charge in [0.15, 0.2) is 0 Å². The predicted molar refractivity (Wildman–Crippen MR) is 61.9 cm³/mol. The Kier molecular flexibility index (Phi) is 2.83. The molecule has 3 heteroatoms. The standard InChI is InChI=1S/C12H21N3/c1-12(2,3)15-6-4-10(5-7-15)11-8-13-14-9-11/h8-10H,4-7H2,1-3H3,(H,13,14). The van der Waals surface area contributed by atoms with Crippen molar-refractivity contribution < 1.29 is 0 Å². The van der Waals surface area contributed by atoms with Crippen LogP contribution in [-0.2, 0) is 0 Å². The zero-order chi connectivity index (χ0) is 10.9. The highest BCUT2D eigenvalue weighted by atomic mass is 15.2. The van der Waals surface area contributed by atoms with Crippen LogP contribution in [0, 0.1) is 0 Å². The fraction of sp³-hybridized carbons (Fsp3) is 0.750. The van der Waals surface area contributed by atoms with Gasteiger partial charge < -0.3 is 0 Å². The molecule has 1 N–H and O–H groups in total. The zero-order valence-electron chi connectivity index (χ0n) is 9.95. The van der Waals surface area contributed by atoms with Crippen molar-refractivity contribution in [3.8, 4) is 0 Å². The van der Waals surface area contributed by atoms with E-state index in [9.17, 15) is 0 Å². The number of H-pyrrole nitrogens is 1. The van der Waals surface area contributed by atoms with E-state index in [1.165, 1.54) is 31.5 Å². The summed E-state index contributed by atoms with van der Waals surface area (Å²) in [5.74, 6) is 0.711. The lowest BCUT2D eigenvalue weighted by Gasteiger charge is -2.40. The lowest BCUT2D eigenvalue weighted by Crippen LogP contribution is -2.45. The molecule has 3 nitrogen and oxygen atoms in total. The number of rotatable bonds is 1. The van der Waals surface area contributed by atoms with Gasteiger partial charge in [0.1, 0.15) is 0 Å². The second kappa shape index (κ2) is 3.97. The quantitative estimate of drug-likeness (QED) is 0.766. The number of likely N-dealkylation sites (tertiary alicyclic amines) is 1. The highest BCUT2D eigenvalue weighted by molar-refractivity contribution is 5.11. The van der Waals surface area contributed by atoms with Gasteiger partial charge in [-0.2, -0.15) is 5.10 Å². The molecule has 0 bridgehead atoms. The minimum Gasteiger partial charge on any atom is -0.298 e. The number of nitrogens with one attached hydrogen (secondary N) is 1. The molecule has 2 rings (SSSR count). The molecule has 2 heterocycles. The van der Waals surface area contributed by atoms with Gasteiger partial charge in [-0.15, -0.1) is 0 Å². The molecule has 15 heavy (non-hydrogen) atoms. The van der Waals surface area contributed by atoms with E-state index in [1.54, 1.807) is 0 Å². The largest absolute Gasteiger partial charge is 0.298 e. The molecule has 0 amide bonds. The third-order valence-electron chi connectivity index (χ3n) is 3.43. The van der Waals surface area contributed by atoms with E-state index in [0.717, 1.165) is 0 Å². The maximum absolute atomic E-state index is 4.03. The Morgan fingerprint density at radius 2 is 2.00 bits per heavy atom. The van der Waals surface area contributed by atoms with Crippen LogP contribution in [-0.4, -0.2) is 33.7 Å². The van der Waals surface area contributed by atoms with Crippen molar-refractivity contribution in [3.05, 3.63) is 18.0 Å². The lowest BCUT2D eigenvalue weighted by atomic mass is 9.89. The summed E-state index contributed by atoms with van der Waals surface area (Å²) in [7, 11) is 0. The summed E-state index contributed by atoms with van der Waals surface area (Å²) in [6.45, 7) is 9.31. The third kappa shape index (κ3) is 2.40. The molecule has 0 spiro atoms. The number of aromatic amines is 1. The van der Waals surface area contributed by atoms with Crippen molar-refractivity contribution in [1.29, 1.82) is 0 Å². The predicted octanol–water partition coefficient (Wildman–Crippen LogP) is 2.39. The van der Waals surface area contributed by atoms with Crippen molar-refractivity contribution in [2.24, 2.45) is 0 Å². The maximum Gasteiger partial charge on any atom is 0.0522 e. The lowest BCUT2D eigenvalue weighted by molar-refractivity contribution is 0.102. The minimum absolute atomic E-state index is 0.321. The average molecular weight is 207 g/mol. The molecule has 0 atom stereocenters. The first-order valence-corrected chi connectivity index (χ1v) is 5.81. The Morgan fingerprint density at radius 1 is 1.33 bits per heavy atom. The fourth-order valence-corrected chi connectivity index (χ4v) is 2.37. The topological polar surface area (TPSA) is 31.9 Å². The van der Waals surface area contributed by atoms with E-state index in [0.29, 0.717) is 11.5 Å². The molecule has 1 aromatic rings. The van der Waals surface area contributed by atoms with Gasteiger partial charge >= 0.3 is 0 Å². The van der Waals surface area contributed by atoms with Crippen LogP contribution in [0.15, 0.2) is 12.4 Å². The SMILES string of the molecule is CC(C)(C)N1CCC(c2cn[nH]c2)CC1. The van der Waals surface area contributed by atoms with Gasteiger partial charge in [0.2, 0.25) is 0 Å². The van der Waals surface area contributed by atoms with Gasteiger partial charge in [-0.05, 0) is 58.2 Å². The van der Waals surface area contributed by atoms with E-state index in [1.807, 2.05) is 12.4 Å². The Balaban J connectivity index is 1.93. The molecule has 0 radical (unpaired) electrons. The van der Waals surface area contributed by atoms with Gasteiger partial charge in [0, 0.05) is 11.7 Å². The number of nitrogens with zero attached hydrogens (tertiary/aromatic N) is 2. The van der Waals surface area contributed by atoms with Crippen LogP contribution in [0.5, 0.6) is 0 Å². The first kappa shape index (κ1) is 10.7. The number of hydrogen-bond acceptors (Lipinski definition) is 2. The first-order chi connectivity index (χ1) is 7.07. The molecule has 84 valence electrons.